The standard InChI is InChI=1S/C13H13F2NO/c14-13(15)7-11(16)9-5-6-12(17)10-4-2-1-3-8(9)10/h1-6,11,13,17H,7,16H2/t11-/m0/s1. The van der Waals surface area contributed by atoms with Crippen LogP contribution in [0.2, 0.25) is 0 Å². The van der Waals surface area contributed by atoms with Crippen LogP contribution in [0.25, 0.3) is 10.8 Å². The maximum Gasteiger partial charge on any atom is 0.240 e. The average molecular weight is 237 g/mol. The van der Waals surface area contributed by atoms with Gasteiger partial charge < -0.3 is 10.8 Å². The number of rotatable bonds is 3. The lowest BCUT2D eigenvalue weighted by Crippen LogP contribution is -2.14. The van der Waals surface area contributed by atoms with Gasteiger partial charge in [0.25, 0.3) is 0 Å². The Balaban J connectivity index is 2.51. The molecule has 0 aliphatic carbocycles. The molecule has 1 atom stereocenters. The Bertz CT molecular complexity index is 528. The average Bonchev–Trinajstić information content (AvgIpc) is 2.29. The van der Waals surface area contributed by atoms with Crippen molar-refractivity contribution < 1.29 is 13.9 Å². The van der Waals surface area contributed by atoms with Crippen LogP contribution in [0, 0.1) is 0 Å². The second-order valence-corrected chi connectivity index (χ2v) is 3.95. The van der Waals surface area contributed by atoms with E-state index in [-0.39, 0.29) is 12.2 Å². The van der Waals surface area contributed by atoms with Crippen LogP contribution >= 0.6 is 0 Å². The van der Waals surface area contributed by atoms with Crippen LogP contribution < -0.4 is 5.73 Å². The zero-order chi connectivity index (χ0) is 12.4. The Hall–Kier alpha value is -1.68. The van der Waals surface area contributed by atoms with Gasteiger partial charge in [-0.25, -0.2) is 8.78 Å². The number of fused-ring (bicyclic) bond motifs is 1. The van der Waals surface area contributed by atoms with Crippen molar-refractivity contribution in [2.24, 2.45) is 5.73 Å². The molecular weight excluding hydrogens is 224 g/mol. The monoisotopic (exact) mass is 237 g/mol. The first-order valence-electron chi connectivity index (χ1n) is 5.34. The summed E-state index contributed by atoms with van der Waals surface area (Å²) in [5.41, 5.74) is 6.39. The molecule has 0 saturated carbocycles. The second kappa shape index (κ2) is 4.67. The van der Waals surface area contributed by atoms with Crippen molar-refractivity contribution in [3.05, 3.63) is 42.0 Å². The van der Waals surface area contributed by atoms with Gasteiger partial charge in [0.05, 0.1) is 0 Å². The van der Waals surface area contributed by atoms with E-state index >= 15 is 0 Å². The number of nitrogens with two attached hydrogens (primary N) is 1. The zero-order valence-electron chi connectivity index (χ0n) is 9.11. The molecule has 3 N–H and O–H groups in total. The molecule has 0 aliphatic heterocycles. The predicted molar refractivity (Wildman–Crippen MR) is 63.2 cm³/mol. The number of halogens is 2. The lowest BCUT2D eigenvalue weighted by molar-refractivity contribution is 0.128. The first-order valence-corrected chi connectivity index (χ1v) is 5.34. The molecule has 2 nitrogen and oxygen atoms in total. The maximum atomic E-state index is 12.3. The molecule has 0 aliphatic rings. The van der Waals surface area contributed by atoms with Crippen molar-refractivity contribution in [2.75, 3.05) is 0 Å². The van der Waals surface area contributed by atoms with E-state index in [1.54, 1.807) is 30.3 Å². The zero-order valence-corrected chi connectivity index (χ0v) is 9.11. The predicted octanol–water partition coefficient (Wildman–Crippen LogP) is 3.20. The number of hydrogen-bond acceptors (Lipinski definition) is 2. The summed E-state index contributed by atoms with van der Waals surface area (Å²) in [6.07, 6.45) is -2.81. The highest BCUT2D eigenvalue weighted by molar-refractivity contribution is 5.91. The van der Waals surface area contributed by atoms with Crippen molar-refractivity contribution in [1.82, 2.24) is 0 Å². The van der Waals surface area contributed by atoms with E-state index in [2.05, 4.69) is 0 Å². The quantitative estimate of drug-likeness (QED) is 0.861. The van der Waals surface area contributed by atoms with Crippen molar-refractivity contribution in [1.29, 1.82) is 0 Å². The Kier molecular flexibility index (Phi) is 3.24. The van der Waals surface area contributed by atoms with Crippen LogP contribution in [0.1, 0.15) is 18.0 Å². The van der Waals surface area contributed by atoms with Gasteiger partial charge in [-0.05, 0) is 17.0 Å². The fraction of sp³-hybridized carbons (Fsp3) is 0.231. The third kappa shape index (κ3) is 2.36. The smallest absolute Gasteiger partial charge is 0.240 e. The fourth-order valence-corrected chi connectivity index (χ4v) is 1.95. The van der Waals surface area contributed by atoms with Crippen LogP contribution in [-0.4, -0.2) is 11.5 Å². The number of phenolic OH excluding ortho intramolecular Hbond substituents is 1. The first kappa shape index (κ1) is 11.8. The van der Waals surface area contributed by atoms with Gasteiger partial charge in [0, 0.05) is 17.8 Å². The third-order valence-corrected chi connectivity index (χ3v) is 2.77. The summed E-state index contributed by atoms with van der Waals surface area (Å²) in [5, 5.41) is 11.0. The Labute approximate surface area is 97.7 Å². The topological polar surface area (TPSA) is 46.2 Å². The molecule has 0 radical (unpaired) electrons. The normalized spacial score (nSPS) is 13.2. The van der Waals surface area contributed by atoms with Gasteiger partial charge in [-0.1, -0.05) is 30.3 Å². The maximum absolute atomic E-state index is 12.3. The molecular formula is C13H13F2NO. The lowest BCUT2D eigenvalue weighted by Gasteiger charge is -2.14. The van der Waals surface area contributed by atoms with Gasteiger partial charge in [0.1, 0.15) is 5.75 Å². The summed E-state index contributed by atoms with van der Waals surface area (Å²) in [4.78, 5) is 0. The summed E-state index contributed by atoms with van der Waals surface area (Å²) in [6.45, 7) is 0. The highest BCUT2D eigenvalue weighted by Crippen LogP contribution is 2.31. The van der Waals surface area contributed by atoms with Crippen LogP contribution in [0.3, 0.4) is 0 Å². The van der Waals surface area contributed by atoms with Crippen molar-refractivity contribution in [3.63, 3.8) is 0 Å². The van der Waals surface area contributed by atoms with Crippen LogP contribution in [0.4, 0.5) is 8.78 Å². The van der Waals surface area contributed by atoms with Gasteiger partial charge in [-0.3, -0.25) is 0 Å². The van der Waals surface area contributed by atoms with E-state index in [0.29, 0.717) is 10.9 Å². The highest BCUT2D eigenvalue weighted by atomic mass is 19.3. The summed E-state index contributed by atoms with van der Waals surface area (Å²) in [5.74, 6) is 0.133. The number of phenols is 1. The number of benzene rings is 2. The lowest BCUT2D eigenvalue weighted by atomic mass is 9.97. The van der Waals surface area contributed by atoms with E-state index in [9.17, 15) is 13.9 Å². The minimum absolute atomic E-state index is 0.133. The van der Waals surface area contributed by atoms with E-state index in [0.717, 1.165) is 5.39 Å². The van der Waals surface area contributed by atoms with E-state index < -0.39 is 12.5 Å². The molecule has 0 amide bonds. The molecule has 0 fully saturated rings. The third-order valence-electron chi connectivity index (χ3n) is 2.77. The summed E-state index contributed by atoms with van der Waals surface area (Å²) >= 11 is 0. The van der Waals surface area contributed by atoms with Crippen LogP contribution in [0.5, 0.6) is 5.75 Å². The Morgan fingerprint density at radius 3 is 2.35 bits per heavy atom. The SMILES string of the molecule is N[C@@H](CC(F)F)c1ccc(O)c2ccccc12. The molecule has 4 heteroatoms. The molecule has 0 unspecified atom stereocenters. The molecule has 0 saturated heterocycles. The van der Waals surface area contributed by atoms with Crippen molar-refractivity contribution in [3.8, 4) is 5.75 Å². The van der Waals surface area contributed by atoms with Gasteiger partial charge >= 0.3 is 0 Å². The van der Waals surface area contributed by atoms with Gasteiger partial charge in [-0.2, -0.15) is 0 Å². The minimum Gasteiger partial charge on any atom is -0.507 e. The molecule has 17 heavy (non-hydrogen) atoms. The highest BCUT2D eigenvalue weighted by Gasteiger charge is 2.16. The number of alkyl halides is 2. The van der Waals surface area contributed by atoms with Gasteiger partial charge in [-0.15, -0.1) is 0 Å². The molecule has 2 aromatic rings. The van der Waals surface area contributed by atoms with E-state index in [4.69, 9.17) is 5.73 Å². The molecule has 0 bridgehead atoms. The summed E-state index contributed by atoms with van der Waals surface area (Å²) in [6, 6.07) is 9.46. The number of hydrogen-bond donors (Lipinski definition) is 2. The van der Waals surface area contributed by atoms with E-state index in [1.165, 1.54) is 6.07 Å². The molecule has 2 rings (SSSR count). The molecule has 0 heterocycles. The Morgan fingerprint density at radius 2 is 1.71 bits per heavy atom. The largest absolute Gasteiger partial charge is 0.507 e. The molecule has 0 aromatic heterocycles. The van der Waals surface area contributed by atoms with Gasteiger partial charge in [0.15, 0.2) is 0 Å². The molecule has 90 valence electrons. The Morgan fingerprint density at radius 1 is 1.06 bits per heavy atom. The van der Waals surface area contributed by atoms with Crippen LogP contribution in [-0.2, 0) is 0 Å². The molecule has 0 spiro atoms. The summed E-state index contributed by atoms with van der Waals surface area (Å²) < 4.78 is 24.6. The first-order chi connectivity index (χ1) is 8.09. The fourth-order valence-electron chi connectivity index (χ4n) is 1.95. The van der Waals surface area contributed by atoms with E-state index in [1.807, 2.05) is 0 Å². The van der Waals surface area contributed by atoms with Crippen molar-refractivity contribution >= 4 is 10.8 Å². The van der Waals surface area contributed by atoms with Crippen LogP contribution in [0.15, 0.2) is 36.4 Å². The second-order valence-electron chi connectivity index (χ2n) is 3.95. The summed E-state index contributed by atoms with van der Waals surface area (Å²) in [7, 11) is 0. The van der Waals surface area contributed by atoms with Gasteiger partial charge in [0.2, 0.25) is 6.43 Å². The van der Waals surface area contributed by atoms with Crippen molar-refractivity contribution in [2.45, 2.75) is 18.9 Å². The molecule has 2 aromatic carbocycles. The minimum atomic E-state index is -2.43. The number of aromatic hydroxyl groups is 1.